The van der Waals surface area contributed by atoms with Gasteiger partial charge in [-0.1, -0.05) is 0 Å². The highest BCUT2D eigenvalue weighted by Gasteiger charge is 2.58. The van der Waals surface area contributed by atoms with Crippen LogP contribution in [0.15, 0.2) is 18.2 Å². The minimum Gasteiger partial charge on any atom is -0.473 e. The van der Waals surface area contributed by atoms with Gasteiger partial charge in [0.25, 0.3) is 0 Å². The zero-order chi connectivity index (χ0) is 23.2. The number of alkyl halides is 3. The summed E-state index contributed by atoms with van der Waals surface area (Å²) in [6, 6.07) is 3.65. The summed E-state index contributed by atoms with van der Waals surface area (Å²) in [6.45, 7) is 1.82. The molecular weight excluding hydrogens is 441 g/mol. The molecule has 0 aromatic heterocycles. The van der Waals surface area contributed by atoms with Crippen molar-refractivity contribution in [2.75, 3.05) is 33.7 Å². The first-order valence-electron chi connectivity index (χ1n) is 11.4. The van der Waals surface area contributed by atoms with Crippen LogP contribution in [0.1, 0.15) is 36.8 Å². The van der Waals surface area contributed by atoms with E-state index in [1.54, 1.807) is 7.11 Å². The van der Waals surface area contributed by atoms with Crippen LogP contribution >= 0.6 is 0 Å². The molecule has 0 unspecified atom stereocenters. The molecule has 1 aromatic rings. The number of fused-ring (bicyclic) bond motifs is 2. The lowest BCUT2D eigenvalue weighted by atomic mass is 9.80. The summed E-state index contributed by atoms with van der Waals surface area (Å²) in [5, 5.41) is 3.66. The Kier molecular flexibility index (Phi) is 6.05. The van der Waals surface area contributed by atoms with Gasteiger partial charge < -0.3 is 29.2 Å². The number of nitrogens with zero attached hydrogens (tertiary/aromatic N) is 1. The Morgan fingerprint density at radius 1 is 1.30 bits per heavy atom. The van der Waals surface area contributed by atoms with Crippen molar-refractivity contribution in [3.63, 3.8) is 0 Å². The highest BCUT2D eigenvalue weighted by molar-refractivity contribution is 5.84. The Morgan fingerprint density at radius 3 is 2.94 bits per heavy atom. The molecule has 2 saturated heterocycles. The molecule has 0 bridgehead atoms. The largest absolute Gasteiger partial charge is 0.473 e. The summed E-state index contributed by atoms with van der Waals surface area (Å²) in [6.07, 6.45) is -1.94. The fourth-order valence-electron chi connectivity index (χ4n) is 5.77. The molecule has 0 spiro atoms. The van der Waals surface area contributed by atoms with Crippen LogP contribution in [-0.2, 0) is 31.7 Å². The maximum Gasteiger partial charge on any atom is 0.416 e. The predicted octanol–water partition coefficient (Wildman–Crippen LogP) is 2.72. The molecule has 1 amide bonds. The Morgan fingerprint density at radius 2 is 2.15 bits per heavy atom. The van der Waals surface area contributed by atoms with E-state index in [4.69, 9.17) is 18.9 Å². The number of ether oxygens (including phenoxy) is 4. The van der Waals surface area contributed by atoms with Gasteiger partial charge in [0.15, 0.2) is 6.73 Å². The van der Waals surface area contributed by atoms with E-state index in [0.717, 1.165) is 18.6 Å². The summed E-state index contributed by atoms with van der Waals surface area (Å²) in [4.78, 5) is 15.3. The molecule has 4 aliphatic rings. The molecule has 3 fully saturated rings. The van der Waals surface area contributed by atoms with Gasteiger partial charge in [0.1, 0.15) is 5.75 Å². The topological polar surface area (TPSA) is 69.3 Å². The van der Waals surface area contributed by atoms with Crippen LogP contribution in [0.4, 0.5) is 13.2 Å². The fraction of sp³-hybridized carbons (Fsp3) is 0.696. The summed E-state index contributed by atoms with van der Waals surface area (Å²) >= 11 is 0. The van der Waals surface area contributed by atoms with Gasteiger partial charge in [-0.3, -0.25) is 4.79 Å². The number of methoxy groups -OCH3 is 1. The summed E-state index contributed by atoms with van der Waals surface area (Å²) in [5.41, 5.74) is -1.06. The third-order valence-corrected chi connectivity index (χ3v) is 7.49. The van der Waals surface area contributed by atoms with E-state index < -0.39 is 17.2 Å². The third-order valence-electron chi connectivity index (χ3n) is 7.49. The van der Waals surface area contributed by atoms with Crippen molar-refractivity contribution in [1.82, 2.24) is 10.2 Å². The summed E-state index contributed by atoms with van der Waals surface area (Å²) < 4.78 is 62.2. The normalized spacial score (nSPS) is 34.0. The van der Waals surface area contributed by atoms with E-state index in [2.05, 4.69) is 5.32 Å². The lowest BCUT2D eigenvalue weighted by Crippen LogP contribution is -2.51. The van der Waals surface area contributed by atoms with Crippen LogP contribution in [0.5, 0.6) is 5.75 Å². The van der Waals surface area contributed by atoms with Crippen molar-refractivity contribution >= 4 is 5.91 Å². The van der Waals surface area contributed by atoms with Crippen LogP contribution in [-0.4, -0.2) is 68.8 Å². The highest BCUT2D eigenvalue weighted by Crippen LogP contribution is 2.49. The number of carbonyl (C=O) groups is 1. The van der Waals surface area contributed by atoms with Gasteiger partial charge in [0.2, 0.25) is 5.91 Å². The first-order valence-corrected chi connectivity index (χ1v) is 11.4. The maximum atomic E-state index is 13.7. The molecule has 1 saturated carbocycles. The van der Waals surface area contributed by atoms with E-state index in [0.29, 0.717) is 50.4 Å². The van der Waals surface area contributed by atoms with Crippen molar-refractivity contribution in [2.45, 2.75) is 62.7 Å². The number of rotatable bonds is 4. The van der Waals surface area contributed by atoms with Crippen molar-refractivity contribution in [3.05, 3.63) is 29.3 Å². The van der Waals surface area contributed by atoms with Gasteiger partial charge in [0, 0.05) is 38.0 Å². The van der Waals surface area contributed by atoms with E-state index in [-0.39, 0.29) is 43.5 Å². The van der Waals surface area contributed by atoms with Crippen LogP contribution in [0, 0.1) is 5.41 Å². The Bertz CT molecular complexity index is 897. The van der Waals surface area contributed by atoms with E-state index in [1.165, 1.54) is 11.0 Å². The smallest absolute Gasteiger partial charge is 0.416 e. The number of amides is 1. The minimum atomic E-state index is -4.45. The van der Waals surface area contributed by atoms with Crippen molar-refractivity contribution < 1.29 is 36.9 Å². The Hall–Kier alpha value is -1.88. The molecule has 10 heteroatoms. The highest BCUT2D eigenvalue weighted by atomic mass is 19.4. The molecule has 7 nitrogen and oxygen atoms in total. The molecule has 33 heavy (non-hydrogen) atoms. The maximum absolute atomic E-state index is 13.7. The zero-order valence-electron chi connectivity index (χ0n) is 18.5. The van der Waals surface area contributed by atoms with Crippen molar-refractivity contribution in [2.24, 2.45) is 5.41 Å². The van der Waals surface area contributed by atoms with Gasteiger partial charge in [-0.25, -0.2) is 0 Å². The average molecular weight is 470 g/mol. The van der Waals surface area contributed by atoms with Crippen LogP contribution in [0.2, 0.25) is 0 Å². The second kappa shape index (κ2) is 8.72. The number of halogens is 3. The number of benzene rings is 1. The molecule has 0 radical (unpaired) electrons. The second-order valence-corrected chi connectivity index (χ2v) is 9.41. The Balaban J connectivity index is 1.31. The fourth-order valence-corrected chi connectivity index (χ4v) is 5.77. The third kappa shape index (κ3) is 4.22. The van der Waals surface area contributed by atoms with E-state index in [9.17, 15) is 18.0 Å². The minimum absolute atomic E-state index is 0.0233. The van der Waals surface area contributed by atoms with Gasteiger partial charge in [-0.05, 0) is 43.9 Å². The molecule has 182 valence electrons. The molecule has 1 aromatic carbocycles. The SMILES string of the molecule is CO[C@H]1COCC[C@H]1N[C@@H]1C[C@H]2OCC[C@@]2(C(=O)N2COc3ccc(C(F)(F)F)cc3C2)C1. The standard InChI is InChI=1S/C23H29F3N2O5/c1-30-19-12-31-6-4-17(19)27-16-9-20-22(10-16,5-7-32-20)21(29)28-11-14-8-15(23(24,25)26)2-3-18(14)33-13-28/h2-3,8,16-17,19-20,27H,4-7,9-13H2,1H3/t16-,17-,19+,20-,22-/m1/s1. The van der Waals surface area contributed by atoms with Crippen LogP contribution in [0.25, 0.3) is 0 Å². The van der Waals surface area contributed by atoms with E-state index >= 15 is 0 Å². The van der Waals surface area contributed by atoms with Gasteiger partial charge >= 0.3 is 6.18 Å². The molecule has 1 N–H and O–H groups in total. The number of hydrogen-bond acceptors (Lipinski definition) is 6. The van der Waals surface area contributed by atoms with Crippen LogP contribution in [0.3, 0.4) is 0 Å². The van der Waals surface area contributed by atoms with Crippen molar-refractivity contribution in [1.29, 1.82) is 0 Å². The average Bonchev–Trinajstić information content (AvgIpc) is 3.35. The quantitative estimate of drug-likeness (QED) is 0.730. The van der Waals surface area contributed by atoms with Gasteiger partial charge in [-0.15, -0.1) is 0 Å². The zero-order valence-corrected chi connectivity index (χ0v) is 18.5. The monoisotopic (exact) mass is 470 g/mol. The van der Waals surface area contributed by atoms with Gasteiger partial charge in [0.05, 0.1) is 36.3 Å². The van der Waals surface area contributed by atoms with Crippen LogP contribution < -0.4 is 10.1 Å². The lowest BCUT2D eigenvalue weighted by molar-refractivity contribution is -0.149. The molecular formula is C23H29F3N2O5. The molecule has 3 heterocycles. The van der Waals surface area contributed by atoms with E-state index in [1.807, 2.05) is 0 Å². The second-order valence-electron chi connectivity index (χ2n) is 9.41. The number of nitrogens with one attached hydrogen (secondary N) is 1. The summed E-state index contributed by atoms with van der Waals surface area (Å²) in [5.74, 6) is 0.285. The number of carbonyl (C=O) groups excluding carboxylic acids is 1. The molecule has 1 aliphatic carbocycles. The van der Waals surface area contributed by atoms with Crippen molar-refractivity contribution in [3.8, 4) is 5.75 Å². The predicted molar refractivity (Wildman–Crippen MR) is 110 cm³/mol. The van der Waals surface area contributed by atoms with Gasteiger partial charge in [-0.2, -0.15) is 13.2 Å². The lowest BCUT2D eigenvalue weighted by Gasteiger charge is -2.37. The Labute approximate surface area is 190 Å². The number of hydrogen-bond donors (Lipinski definition) is 1. The molecule has 5 rings (SSSR count). The first-order chi connectivity index (χ1) is 15.8. The molecule has 5 atom stereocenters. The molecule has 3 aliphatic heterocycles. The summed E-state index contributed by atoms with van der Waals surface area (Å²) in [7, 11) is 1.67. The first kappa shape index (κ1) is 22.9.